The van der Waals surface area contributed by atoms with Gasteiger partial charge in [-0.1, -0.05) is 37.5 Å². The SMILES string of the molecule is CCC(C)CCNC(=O)C(C)(C)c1cc2c(CCO)c(-c3cc(C)cc(C)c3)[nH]c2s1. The molecule has 3 aromatic rings. The molecular formula is C26H36N2O2S. The van der Waals surface area contributed by atoms with Gasteiger partial charge in [0.15, 0.2) is 0 Å². The molecule has 1 amide bonds. The van der Waals surface area contributed by atoms with Crippen molar-refractivity contribution in [2.24, 2.45) is 5.92 Å². The Kier molecular flexibility index (Phi) is 7.28. The Balaban J connectivity index is 1.93. The monoisotopic (exact) mass is 440 g/mol. The van der Waals surface area contributed by atoms with Gasteiger partial charge in [0, 0.05) is 23.4 Å². The second-order valence-electron chi connectivity index (χ2n) is 9.36. The molecule has 1 unspecified atom stereocenters. The molecule has 1 atom stereocenters. The average Bonchev–Trinajstić information content (AvgIpc) is 3.27. The van der Waals surface area contributed by atoms with Crippen molar-refractivity contribution in [2.75, 3.05) is 13.2 Å². The number of rotatable bonds is 9. The number of carbonyl (C=O) groups is 1. The van der Waals surface area contributed by atoms with Crippen LogP contribution in [0, 0.1) is 19.8 Å². The largest absolute Gasteiger partial charge is 0.396 e. The van der Waals surface area contributed by atoms with Crippen molar-refractivity contribution in [1.82, 2.24) is 10.3 Å². The first-order valence-corrected chi connectivity index (χ1v) is 12.1. The van der Waals surface area contributed by atoms with Crippen LogP contribution in [0.3, 0.4) is 0 Å². The highest BCUT2D eigenvalue weighted by molar-refractivity contribution is 7.19. The van der Waals surface area contributed by atoms with Crippen molar-refractivity contribution in [3.8, 4) is 11.3 Å². The number of nitrogens with one attached hydrogen (secondary N) is 2. The maximum absolute atomic E-state index is 13.0. The van der Waals surface area contributed by atoms with Gasteiger partial charge in [0.05, 0.1) is 11.1 Å². The molecule has 0 saturated heterocycles. The zero-order valence-electron chi connectivity index (χ0n) is 19.7. The molecule has 0 spiro atoms. The molecule has 168 valence electrons. The number of aromatic amines is 1. The summed E-state index contributed by atoms with van der Waals surface area (Å²) >= 11 is 1.64. The lowest BCUT2D eigenvalue weighted by atomic mass is 9.89. The van der Waals surface area contributed by atoms with Gasteiger partial charge < -0.3 is 15.4 Å². The van der Waals surface area contributed by atoms with Crippen LogP contribution in [0.1, 0.15) is 62.1 Å². The predicted molar refractivity (Wildman–Crippen MR) is 132 cm³/mol. The van der Waals surface area contributed by atoms with Crippen LogP contribution in [0.5, 0.6) is 0 Å². The molecule has 0 aliphatic heterocycles. The smallest absolute Gasteiger partial charge is 0.230 e. The van der Waals surface area contributed by atoms with Gasteiger partial charge in [-0.2, -0.15) is 0 Å². The van der Waals surface area contributed by atoms with Crippen LogP contribution in [0.2, 0.25) is 0 Å². The van der Waals surface area contributed by atoms with E-state index >= 15 is 0 Å². The second kappa shape index (κ2) is 9.58. The number of aliphatic hydroxyl groups is 1. The van der Waals surface area contributed by atoms with Crippen molar-refractivity contribution >= 4 is 27.5 Å². The molecule has 0 aliphatic carbocycles. The third kappa shape index (κ3) is 5.04. The third-order valence-electron chi connectivity index (χ3n) is 6.27. The van der Waals surface area contributed by atoms with E-state index in [9.17, 15) is 9.90 Å². The van der Waals surface area contributed by atoms with Crippen molar-refractivity contribution in [3.63, 3.8) is 0 Å². The summed E-state index contributed by atoms with van der Waals surface area (Å²) in [7, 11) is 0. The molecule has 5 heteroatoms. The van der Waals surface area contributed by atoms with E-state index in [1.54, 1.807) is 11.3 Å². The Hall–Kier alpha value is -2.11. The topological polar surface area (TPSA) is 65.1 Å². The van der Waals surface area contributed by atoms with Crippen LogP contribution in [0.25, 0.3) is 21.5 Å². The number of aromatic nitrogens is 1. The van der Waals surface area contributed by atoms with E-state index in [1.165, 1.54) is 11.1 Å². The molecule has 3 rings (SSSR count). The van der Waals surface area contributed by atoms with Crippen molar-refractivity contribution in [2.45, 2.75) is 66.2 Å². The zero-order valence-corrected chi connectivity index (χ0v) is 20.5. The van der Waals surface area contributed by atoms with E-state index in [4.69, 9.17) is 0 Å². The molecule has 0 aliphatic rings. The number of amides is 1. The van der Waals surface area contributed by atoms with E-state index in [0.29, 0.717) is 18.9 Å². The van der Waals surface area contributed by atoms with E-state index in [-0.39, 0.29) is 12.5 Å². The number of H-pyrrole nitrogens is 1. The van der Waals surface area contributed by atoms with Crippen LogP contribution in [-0.2, 0) is 16.6 Å². The number of thiophene rings is 1. The molecule has 3 N–H and O–H groups in total. The summed E-state index contributed by atoms with van der Waals surface area (Å²) in [6.07, 6.45) is 2.72. The van der Waals surface area contributed by atoms with Gasteiger partial charge in [-0.05, 0) is 75.8 Å². The van der Waals surface area contributed by atoms with E-state index in [2.05, 4.69) is 62.3 Å². The maximum Gasteiger partial charge on any atom is 0.230 e. The third-order valence-corrected chi connectivity index (χ3v) is 7.65. The first-order chi connectivity index (χ1) is 14.7. The van der Waals surface area contributed by atoms with E-state index in [0.717, 1.165) is 44.8 Å². The Labute approximate surface area is 190 Å². The minimum absolute atomic E-state index is 0.0675. The summed E-state index contributed by atoms with van der Waals surface area (Å²) in [6.45, 7) is 13.4. The molecule has 0 saturated carbocycles. The van der Waals surface area contributed by atoms with Gasteiger partial charge in [0.2, 0.25) is 5.91 Å². The van der Waals surface area contributed by atoms with E-state index < -0.39 is 5.41 Å². The number of aliphatic hydroxyl groups excluding tert-OH is 1. The number of hydrogen-bond acceptors (Lipinski definition) is 3. The first-order valence-electron chi connectivity index (χ1n) is 11.3. The predicted octanol–water partition coefficient (Wildman–Crippen LogP) is 5.88. The molecule has 0 radical (unpaired) electrons. The van der Waals surface area contributed by atoms with Gasteiger partial charge in [-0.25, -0.2) is 0 Å². The Morgan fingerprint density at radius 3 is 2.48 bits per heavy atom. The molecule has 2 aromatic heterocycles. The average molecular weight is 441 g/mol. The van der Waals surface area contributed by atoms with Gasteiger partial charge in [0.25, 0.3) is 0 Å². The summed E-state index contributed by atoms with van der Waals surface area (Å²) in [5.74, 6) is 0.686. The quantitative estimate of drug-likeness (QED) is 0.389. The van der Waals surface area contributed by atoms with Crippen LogP contribution >= 0.6 is 11.3 Å². The number of benzene rings is 1. The Morgan fingerprint density at radius 2 is 1.87 bits per heavy atom. The highest BCUT2D eigenvalue weighted by Crippen LogP contribution is 2.40. The summed E-state index contributed by atoms with van der Waals surface area (Å²) in [6, 6.07) is 8.67. The second-order valence-corrected chi connectivity index (χ2v) is 10.4. The van der Waals surface area contributed by atoms with E-state index in [1.807, 2.05) is 13.8 Å². The fourth-order valence-electron chi connectivity index (χ4n) is 4.05. The molecule has 0 bridgehead atoms. The zero-order chi connectivity index (χ0) is 22.8. The number of aryl methyl sites for hydroxylation is 2. The summed E-state index contributed by atoms with van der Waals surface area (Å²) in [5.41, 5.74) is 5.18. The highest BCUT2D eigenvalue weighted by atomic mass is 32.1. The summed E-state index contributed by atoms with van der Waals surface area (Å²) in [5, 5.41) is 14.0. The van der Waals surface area contributed by atoms with Gasteiger partial charge in [-0.3, -0.25) is 4.79 Å². The first kappa shape index (κ1) is 23.6. The van der Waals surface area contributed by atoms with Gasteiger partial charge in [-0.15, -0.1) is 11.3 Å². The van der Waals surface area contributed by atoms with Crippen LogP contribution in [0.4, 0.5) is 0 Å². The normalized spacial score (nSPS) is 13.0. The van der Waals surface area contributed by atoms with Crippen molar-refractivity contribution in [1.29, 1.82) is 0 Å². The fraction of sp³-hybridized carbons (Fsp3) is 0.500. The molecule has 31 heavy (non-hydrogen) atoms. The molecular weight excluding hydrogens is 404 g/mol. The minimum atomic E-state index is -0.601. The number of carbonyl (C=O) groups excluding carboxylic acids is 1. The lowest BCUT2D eigenvalue weighted by molar-refractivity contribution is -0.125. The summed E-state index contributed by atoms with van der Waals surface area (Å²) < 4.78 is 0. The van der Waals surface area contributed by atoms with Gasteiger partial charge >= 0.3 is 0 Å². The van der Waals surface area contributed by atoms with Crippen LogP contribution in [-0.4, -0.2) is 29.1 Å². The Morgan fingerprint density at radius 1 is 1.19 bits per heavy atom. The Bertz CT molecular complexity index is 1040. The maximum atomic E-state index is 13.0. The summed E-state index contributed by atoms with van der Waals surface area (Å²) in [4.78, 5) is 18.7. The van der Waals surface area contributed by atoms with Crippen LogP contribution in [0.15, 0.2) is 24.3 Å². The molecule has 1 aromatic carbocycles. The molecule has 0 fully saturated rings. The lowest BCUT2D eigenvalue weighted by Gasteiger charge is -2.22. The number of hydrogen-bond donors (Lipinski definition) is 3. The molecule has 4 nitrogen and oxygen atoms in total. The number of fused-ring (bicyclic) bond motifs is 1. The van der Waals surface area contributed by atoms with Gasteiger partial charge in [0.1, 0.15) is 4.83 Å². The molecule has 2 heterocycles. The minimum Gasteiger partial charge on any atom is -0.396 e. The standard InChI is InChI=1S/C26H36N2O2S/c1-7-16(2)8-10-27-25(30)26(5,6)22-15-21-20(9-11-29)23(28-24(21)31-22)19-13-17(3)12-18(4)14-19/h12-16,28-29H,7-11H2,1-6H3,(H,27,30). The fourth-order valence-corrected chi connectivity index (χ4v) is 5.24. The van der Waals surface area contributed by atoms with Crippen molar-refractivity contribution in [3.05, 3.63) is 45.8 Å². The lowest BCUT2D eigenvalue weighted by Crippen LogP contribution is -2.40. The van der Waals surface area contributed by atoms with Crippen LogP contribution < -0.4 is 5.32 Å². The van der Waals surface area contributed by atoms with Crippen molar-refractivity contribution < 1.29 is 9.90 Å². The highest BCUT2D eigenvalue weighted by Gasteiger charge is 2.32.